The van der Waals surface area contributed by atoms with Gasteiger partial charge in [-0.1, -0.05) is 32.0 Å². The van der Waals surface area contributed by atoms with Crippen molar-refractivity contribution in [2.75, 3.05) is 17.2 Å². The van der Waals surface area contributed by atoms with Crippen LogP contribution in [0.3, 0.4) is 0 Å². The molecule has 2 aromatic rings. The van der Waals surface area contributed by atoms with Gasteiger partial charge in [-0.3, -0.25) is 0 Å². The summed E-state index contributed by atoms with van der Waals surface area (Å²) in [4.78, 5) is 20.2. The number of hydrogen-bond acceptors (Lipinski definition) is 5. The Morgan fingerprint density at radius 3 is 2.83 bits per heavy atom. The van der Waals surface area contributed by atoms with Crippen LogP contribution in [0.25, 0.3) is 11.3 Å². The first kappa shape index (κ1) is 15.3. The monoisotopic (exact) mass is 312 g/mol. The second-order valence-electron chi connectivity index (χ2n) is 5.98. The average molecular weight is 312 g/mol. The van der Waals surface area contributed by atoms with Crippen LogP contribution in [0.4, 0.5) is 11.5 Å². The minimum atomic E-state index is -0.875. The van der Waals surface area contributed by atoms with Crippen molar-refractivity contribution in [3.8, 4) is 11.3 Å². The van der Waals surface area contributed by atoms with E-state index >= 15 is 0 Å². The molecule has 0 aliphatic carbocycles. The van der Waals surface area contributed by atoms with E-state index in [1.54, 1.807) is 0 Å². The summed E-state index contributed by atoms with van der Waals surface area (Å²) in [5.41, 5.74) is 3.87. The van der Waals surface area contributed by atoms with Crippen LogP contribution in [0.2, 0.25) is 0 Å². The molecule has 3 N–H and O–H groups in total. The van der Waals surface area contributed by atoms with Gasteiger partial charge in [-0.2, -0.15) is 0 Å². The number of aliphatic carboxylic acids is 1. The normalized spacial score (nSPS) is 14.2. The molecule has 0 radical (unpaired) electrons. The number of carboxylic acid groups (broad SMARTS) is 1. The first-order valence-corrected chi connectivity index (χ1v) is 7.74. The summed E-state index contributed by atoms with van der Waals surface area (Å²) in [6, 6.07) is 7.31. The summed E-state index contributed by atoms with van der Waals surface area (Å²) in [5, 5.41) is 15.9. The van der Waals surface area contributed by atoms with Gasteiger partial charge < -0.3 is 15.7 Å². The number of anilines is 2. The molecule has 1 atom stereocenters. The highest BCUT2D eigenvalue weighted by molar-refractivity contribution is 5.82. The summed E-state index contributed by atoms with van der Waals surface area (Å²) in [6.07, 6.45) is 2.22. The fraction of sp³-hybridized carbons (Fsp3) is 0.353. The van der Waals surface area contributed by atoms with Gasteiger partial charge in [-0.05, 0) is 18.4 Å². The highest BCUT2D eigenvalue weighted by Gasteiger charge is 2.25. The maximum Gasteiger partial charge on any atom is 0.326 e. The SMILES string of the molecule is CC(C)C(Nc1ncnc2c1CCNc1ccccc1-2)C(=O)O. The van der Waals surface area contributed by atoms with Crippen molar-refractivity contribution in [1.82, 2.24) is 9.97 Å². The molecule has 1 aliphatic rings. The highest BCUT2D eigenvalue weighted by atomic mass is 16.4. The van der Waals surface area contributed by atoms with Crippen molar-refractivity contribution in [2.24, 2.45) is 5.92 Å². The summed E-state index contributed by atoms with van der Waals surface area (Å²) in [7, 11) is 0. The smallest absolute Gasteiger partial charge is 0.326 e. The summed E-state index contributed by atoms with van der Waals surface area (Å²) >= 11 is 0. The molecule has 0 fully saturated rings. The van der Waals surface area contributed by atoms with Crippen LogP contribution in [0, 0.1) is 5.92 Å². The molecular formula is C17H20N4O2. The predicted octanol–water partition coefficient (Wildman–Crippen LogP) is 2.63. The van der Waals surface area contributed by atoms with Gasteiger partial charge in [0.2, 0.25) is 0 Å². The Bertz CT molecular complexity index is 730. The zero-order chi connectivity index (χ0) is 16.4. The maximum atomic E-state index is 11.5. The van der Waals surface area contributed by atoms with Crippen LogP contribution in [0.15, 0.2) is 30.6 Å². The van der Waals surface area contributed by atoms with Gasteiger partial charge in [0.15, 0.2) is 0 Å². The highest BCUT2D eigenvalue weighted by Crippen LogP contribution is 2.34. The molecular weight excluding hydrogens is 292 g/mol. The molecule has 6 nitrogen and oxygen atoms in total. The molecule has 2 heterocycles. The van der Waals surface area contributed by atoms with Gasteiger partial charge in [0.05, 0.1) is 5.69 Å². The van der Waals surface area contributed by atoms with E-state index in [0.29, 0.717) is 5.82 Å². The van der Waals surface area contributed by atoms with Crippen LogP contribution in [-0.2, 0) is 11.2 Å². The molecule has 0 saturated heterocycles. The zero-order valence-electron chi connectivity index (χ0n) is 13.2. The van der Waals surface area contributed by atoms with Gasteiger partial charge in [0.25, 0.3) is 0 Å². The first-order chi connectivity index (χ1) is 11.1. The number of aromatic nitrogens is 2. The van der Waals surface area contributed by atoms with E-state index in [4.69, 9.17) is 0 Å². The summed E-state index contributed by atoms with van der Waals surface area (Å²) in [5.74, 6) is -0.316. The van der Waals surface area contributed by atoms with Crippen molar-refractivity contribution in [1.29, 1.82) is 0 Å². The first-order valence-electron chi connectivity index (χ1n) is 7.74. The third-order valence-corrected chi connectivity index (χ3v) is 4.04. The lowest BCUT2D eigenvalue weighted by atomic mass is 10.0. The molecule has 120 valence electrons. The zero-order valence-corrected chi connectivity index (χ0v) is 13.2. The molecule has 3 rings (SSSR count). The van der Waals surface area contributed by atoms with Crippen molar-refractivity contribution < 1.29 is 9.90 Å². The summed E-state index contributed by atoms with van der Waals surface area (Å²) in [6.45, 7) is 4.51. The van der Waals surface area contributed by atoms with Crippen molar-refractivity contribution >= 4 is 17.5 Å². The number of fused-ring (bicyclic) bond motifs is 3. The van der Waals surface area contributed by atoms with E-state index in [-0.39, 0.29) is 5.92 Å². The molecule has 0 amide bonds. The van der Waals surface area contributed by atoms with Gasteiger partial charge in [-0.25, -0.2) is 14.8 Å². The number of benzene rings is 1. The molecule has 1 aromatic carbocycles. The average Bonchev–Trinajstić information content (AvgIpc) is 2.72. The molecule has 6 heteroatoms. The van der Waals surface area contributed by atoms with Crippen molar-refractivity contribution in [3.05, 3.63) is 36.2 Å². The fourth-order valence-electron chi connectivity index (χ4n) is 2.83. The third kappa shape index (κ3) is 2.97. The van der Waals surface area contributed by atoms with Crippen LogP contribution in [0.5, 0.6) is 0 Å². The second-order valence-corrected chi connectivity index (χ2v) is 5.98. The van der Waals surface area contributed by atoms with E-state index in [2.05, 4.69) is 20.6 Å². The van der Waals surface area contributed by atoms with Crippen molar-refractivity contribution in [2.45, 2.75) is 26.3 Å². The molecule has 0 saturated carbocycles. The van der Waals surface area contributed by atoms with E-state index in [1.807, 2.05) is 38.1 Å². The Labute approximate surface area is 135 Å². The minimum Gasteiger partial charge on any atom is -0.480 e. The van der Waals surface area contributed by atoms with E-state index in [1.165, 1.54) is 6.33 Å². The van der Waals surface area contributed by atoms with E-state index < -0.39 is 12.0 Å². The Hall–Kier alpha value is -2.63. The van der Waals surface area contributed by atoms with Gasteiger partial charge in [0.1, 0.15) is 18.2 Å². The maximum absolute atomic E-state index is 11.5. The van der Waals surface area contributed by atoms with Crippen LogP contribution >= 0.6 is 0 Å². The number of para-hydroxylation sites is 1. The molecule has 1 aliphatic heterocycles. The van der Waals surface area contributed by atoms with E-state index in [0.717, 1.165) is 35.5 Å². The number of nitrogens with zero attached hydrogens (tertiary/aromatic N) is 2. The molecule has 1 aromatic heterocycles. The number of carbonyl (C=O) groups is 1. The van der Waals surface area contributed by atoms with Gasteiger partial charge in [0, 0.05) is 23.4 Å². The summed E-state index contributed by atoms with van der Waals surface area (Å²) < 4.78 is 0. The van der Waals surface area contributed by atoms with Crippen LogP contribution in [-0.4, -0.2) is 33.6 Å². The topological polar surface area (TPSA) is 87.1 Å². The lowest BCUT2D eigenvalue weighted by Gasteiger charge is -2.20. The molecule has 1 unspecified atom stereocenters. The van der Waals surface area contributed by atoms with Crippen molar-refractivity contribution in [3.63, 3.8) is 0 Å². The van der Waals surface area contributed by atoms with Gasteiger partial charge in [-0.15, -0.1) is 0 Å². The largest absolute Gasteiger partial charge is 0.480 e. The van der Waals surface area contributed by atoms with Crippen LogP contribution < -0.4 is 10.6 Å². The number of hydrogen-bond donors (Lipinski definition) is 3. The predicted molar refractivity (Wildman–Crippen MR) is 89.5 cm³/mol. The molecule has 23 heavy (non-hydrogen) atoms. The lowest BCUT2D eigenvalue weighted by molar-refractivity contribution is -0.138. The number of carboxylic acids is 1. The Kier molecular flexibility index (Phi) is 4.14. The Balaban J connectivity index is 2.05. The quantitative estimate of drug-likeness (QED) is 0.804. The standard InChI is InChI=1S/C17H20N4O2/c1-10(2)14(17(22)23)21-16-12-7-8-18-13-6-4-3-5-11(13)15(12)19-9-20-16/h3-6,9-10,14,18H,7-8H2,1-2H3,(H,22,23)(H,19,20,21). The van der Waals surface area contributed by atoms with Crippen LogP contribution in [0.1, 0.15) is 19.4 Å². The third-order valence-electron chi connectivity index (χ3n) is 4.04. The second kappa shape index (κ2) is 6.24. The molecule has 0 bridgehead atoms. The Morgan fingerprint density at radius 1 is 1.30 bits per heavy atom. The lowest BCUT2D eigenvalue weighted by Crippen LogP contribution is -2.35. The Morgan fingerprint density at radius 2 is 2.09 bits per heavy atom. The number of rotatable bonds is 4. The van der Waals surface area contributed by atoms with E-state index in [9.17, 15) is 9.90 Å². The van der Waals surface area contributed by atoms with Gasteiger partial charge >= 0.3 is 5.97 Å². The minimum absolute atomic E-state index is 0.0469. The fourth-order valence-corrected chi connectivity index (χ4v) is 2.83. The molecule has 0 spiro atoms. The number of nitrogens with one attached hydrogen (secondary N) is 2.